The lowest BCUT2D eigenvalue weighted by molar-refractivity contribution is -0.114. The van der Waals surface area contributed by atoms with Gasteiger partial charge in [0, 0.05) is 23.1 Å². The van der Waals surface area contributed by atoms with Crippen molar-refractivity contribution in [3.8, 4) is 0 Å². The van der Waals surface area contributed by atoms with E-state index in [1.165, 1.54) is 11.3 Å². The van der Waals surface area contributed by atoms with E-state index in [1.807, 2.05) is 0 Å². The molecule has 1 aliphatic heterocycles. The van der Waals surface area contributed by atoms with E-state index in [0.717, 1.165) is 37.7 Å². The summed E-state index contributed by atoms with van der Waals surface area (Å²) >= 11 is 0. The molecular formula is C20H21NO3. The van der Waals surface area contributed by atoms with Crippen molar-refractivity contribution < 1.29 is 14.4 Å². The van der Waals surface area contributed by atoms with Crippen LogP contribution in [0, 0.1) is 5.41 Å². The molecule has 0 N–H and O–H groups in total. The summed E-state index contributed by atoms with van der Waals surface area (Å²) in [6.45, 7) is 1.77. The zero-order chi connectivity index (χ0) is 16.9. The van der Waals surface area contributed by atoms with E-state index in [0.29, 0.717) is 23.2 Å². The summed E-state index contributed by atoms with van der Waals surface area (Å²) in [7, 11) is 0. The van der Waals surface area contributed by atoms with E-state index in [4.69, 9.17) is 0 Å². The first-order chi connectivity index (χ1) is 11.6. The highest BCUT2D eigenvalue weighted by atomic mass is 16.2. The summed E-state index contributed by atoms with van der Waals surface area (Å²) in [6.07, 6.45) is 6.83. The molecule has 0 radical (unpaired) electrons. The normalized spacial score (nSPS) is 24.7. The Labute approximate surface area is 141 Å². The molecule has 0 saturated heterocycles. The molecule has 1 aromatic rings. The molecule has 2 saturated carbocycles. The first-order valence-electron chi connectivity index (χ1n) is 8.77. The second kappa shape index (κ2) is 5.40. The van der Waals surface area contributed by atoms with Gasteiger partial charge in [-0.1, -0.05) is 31.4 Å². The zero-order valence-corrected chi connectivity index (χ0v) is 13.9. The van der Waals surface area contributed by atoms with Crippen molar-refractivity contribution in [2.45, 2.75) is 51.9 Å². The lowest BCUT2D eigenvalue weighted by atomic mass is 9.69. The number of hydrogen-bond acceptors (Lipinski definition) is 3. The lowest BCUT2D eigenvalue weighted by Crippen LogP contribution is -2.33. The Bertz CT molecular complexity index is 749. The van der Waals surface area contributed by atoms with Crippen LogP contribution in [0.1, 0.15) is 72.6 Å². The van der Waals surface area contributed by atoms with Gasteiger partial charge in [0.25, 0.3) is 11.8 Å². The second-order valence-electron chi connectivity index (χ2n) is 7.22. The number of fused-ring (bicyclic) bond motifs is 1. The Morgan fingerprint density at radius 2 is 1.50 bits per heavy atom. The minimum Gasteiger partial charge on any atom is -0.294 e. The maximum atomic E-state index is 12.7. The van der Waals surface area contributed by atoms with Crippen molar-refractivity contribution in [1.29, 1.82) is 0 Å². The third-order valence-electron chi connectivity index (χ3n) is 5.94. The molecule has 2 fully saturated rings. The standard InChI is InChI=1S/C20H21NO3/c1-13(17-16(22)9-12-20(17)10-5-2-6-11-20)21-18(23)14-7-3-4-8-15(14)19(21)24/h3-4,7-8H,2,5-6,9-12H2,1H3/b17-13-. The highest BCUT2D eigenvalue weighted by Gasteiger charge is 2.47. The fourth-order valence-electron chi connectivity index (χ4n) is 4.82. The van der Waals surface area contributed by atoms with Gasteiger partial charge in [0.05, 0.1) is 11.1 Å². The maximum absolute atomic E-state index is 12.7. The van der Waals surface area contributed by atoms with E-state index in [-0.39, 0.29) is 23.0 Å². The largest absolute Gasteiger partial charge is 0.294 e. The molecule has 1 heterocycles. The fraction of sp³-hybridized carbons (Fsp3) is 0.450. The van der Waals surface area contributed by atoms with Gasteiger partial charge < -0.3 is 0 Å². The van der Waals surface area contributed by atoms with E-state index in [2.05, 4.69) is 0 Å². The Balaban J connectivity index is 1.81. The van der Waals surface area contributed by atoms with Gasteiger partial charge in [-0.15, -0.1) is 0 Å². The average Bonchev–Trinajstić information content (AvgIpc) is 3.04. The third kappa shape index (κ3) is 2.02. The van der Waals surface area contributed by atoms with E-state index < -0.39 is 0 Å². The summed E-state index contributed by atoms with van der Waals surface area (Å²) in [4.78, 5) is 39.3. The zero-order valence-electron chi connectivity index (χ0n) is 13.9. The molecule has 0 bridgehead atoms. The molecule has 0 aromatic heterocycles. The Kier molecular flexibility index (Phi) is 3.44. The number of allylic oxidation sites excluding steroid dienone is 2. The van der Waals surface area contributed by atoms with Crippen LogP contribution in [0.25, 0.3) is 0 Å². The third-order valence-corrected chi connectivity index (χ3v) is 5.94. The van der Waals surface area contributed by atoms with Crippen LogP contribution in [-0.4, -0.2) is 22.5 Å². The van der Waals surface area contributed by atoms with Crippen LogP contribution < -0.4 is 0 Å². The fourth-order valence-corrected chi connectivity index (χ4v) is 4.82. The lowest BCUT2D eigenvalue weighted by Gasteiger charge is -2.36. The number of carbonyl (C=O) groups is 3. The highest BCUT2D eigenvalue weighted by Crippen LogP contribution is 2.52. The molecule has 0 unspecified atom stereocenters. The van der Waals surface area contributed by atoms with Crippen LogP contribution in [0.15, 0.2) is 35.5 Å². The van der Waals surface area contributed by atoms with Crippen molar-refractivity contribution >= 4 is 17.6 Å². The molecule has 0 atom stereocenters. The number of imide groups is 1. The summed E-state index contributed by atoms with van der Waals surface area (Å²) in [5.74, 6) is -0.483. The van der Waals surface area contributed by atoms with Gasteiger partial charge in [0.15, 0.2) is 5.78 Å². The molecule has 1 spiro atoms. The second-order valence-corrected chi connectivity index (χ2v) is 7.22. The van der Waals surface area contributed by atoms with Crippen molar-refractivity contribution in [3.63, 3.8) is 0 Å². The predicted octanol–water partition coefficient (Wildman–Crippen LogP) is 3.87. The van der Waals surface area contributed by atoms with Crippen molar-refractivity contribution in [3.05, 3.63) is 46.7 Å². The number of benzene rings is 1. The van der Waals surface area contributed by atoms with Crippen LogP contribution in [0.5, 0.6) is 0 Å². The number of nitrogens with zero attached hydrogens (tertiary/aromatic N) is 1. The molecule has 24 heavy (non-hydrogen) atoms. The molecular weight excluding hydrogens is 302 g/mol. The van der Waals surface area contributed by atoms with Gasteiger partial charge in [-0.25, -0.2) is 4.90 Å². The molecule has 2 aliphatic carbocycles. The van der Waals surface area contributed by atoms with Crippen LogP contribution in [0.3, 0.4) is 0 Å². The number of carbonyl (C=O) groups excluding carboxylic acids is 3. The van der Waals surface area contributed by atoms with E-state index in [9.17, 15) is 14.4 Å². The smallest absolute Gasteiger partial charge is 0.265 e. The Morgan fingerprint density at radius 1 is 0.917 bits per heavy atom. The van der Waals surface area contributed by atoms with Gasteiger partial charge in [0.2, 0.25) is 0 Å². The summed E-state index contributed by atoms with van der Waals surface area (Å²) < 4.78 is 0. The molecule has 4 heteroatoms. The van der Waals surface area contributed by atoms with Gasteiger partial charge >= 0.3 is 0 Å². The number of ketones is 1. The van der Waals surface area contributed by atoms with Crippen LogP contribution in [-0.2, 0) is 4.79 Å². The van der Waals surface area contributed by atoms with Gasteiger partial charge in [0.1, 0.15) is 0 Å². The van der Waals surface area contributed by atoms with Crippen LogP contribution in [0.2, 0.25) is 0 Å². The molecule has 3 aliphatic rings. The quantitative estimate of drug-likeness (QED) is 0.582. The summed E-state index contributed by atoms with van der Waals surface area (Å²) in [5, 5.41) is 0. The molecule has 4 rings (SSSR count). The Hall–Kier alpha value is -2.23. The first-order valence-corrected chi connectivity index (χ1v) is 8.77. The Morgan fingerprint density at radius 3 is 2.08 bits per heavy atom. The van der Waals surface area contributed by atoms with Crippen molar-refractivity contribution in [2.75, 3.05) is 0 Å². The molecule has 124 valence electrons. The predicted molar refractivity (Wildman–Crippen MR) is 89.4 cm³/mol. The van der Waals surface area contributed by atoms with E-state index in [1.54, 1.807) is 31.2 Å². The van der Waals surface area contributed by atoms with Crippen molar-refractivity contribution in [1.82, 2.24) is 4.90 Å². The maximum Gasteiger partial charge on any atom is 0.265 e. The van der Waals surface area contributed by atoms with Gasteiger partial charge in [-0.05, 0) is 38.3 Å². The molecule has 1 aromatic carbocycles. The SMILES string of the molecule is C/C(=C1\C(=O)CCC12CCCCC2)N1C(=O)c2ccccc2C1=O. The number of amides is 2. The minimum atomic E-state index is -0.300. The number of hydrogen-bond donors (Lipinski definition) is 0. The minimum absolute atomic E-state index is 0.116. The molecule has 4 nitrogen and oxygen atoms in total. The van der Waals surface area contributed by atoms with E-state index >= 15 is 0 Å². The number of rotatable bonds is 1. The van der Waals surface area contributed by atoms with Crippen LogP contribution >= 0.6 is 0 Å². The van der Waals surface area contributed by atoms with Gasteiger partial charge in [-0.2, -0.15) is 0 Å². The van der Waals surface area contributed by atoms with Crippen LogP contribution in [0.4, 0.5) is 0 Å². The summed E-state index contributed by atoms with van der Waals surface area (Å²) in [5.41, 5.74) is 2.06. The van der Waals surface area contributed by atoms with Gasteiger partial charge in [-0.3, -0.25) is 14.4 Å². The average molecular weight is 323 g/mol. The van der Waals surface area contributed by atoms with Crippen molar-refractivity contribution in [2.24, 2.45) is 5.41 Å². The topological polar surface area (TPSA) is 54.5 Å². The monoisotopic (exact) mass is 323 g/mol. The first kappa shape index (κ1) is 15.3. The summed E-state index contributed by atoms with van der Waals surface area (Å²) in [6, 6.07) is 6.89. The highest BCUT2D eigenvalue weighted by molar-refractivity contribution is 6.23. The number of Topliss-reactive ketones (excluding diaryl/α,β-unsaturated/α-hetero) is 1. The molecule has 2 amide bonds.